The van der Waals surface area contributed by atoms with Crippen LogP contribution in [-0.2, 0) is 16.0 Å². The summed E-state index contributed by atoms with van der Waals surface area (Å²) in [5.41, 5.74) is 4.23. The lowest BCUT2D eigenvalue weighted by atomic mass is 9.75. The number of carbonyl (C=O) groups excluding carboxylic acids is 2. The van der Waals surface area contributed by atoms with E-state index < -0.39 is 0 Å². The van der Waals surface area contributed by atoms with E-state index in [0.29, 0.717) is 19.6 Å². The standard InChI is InChI=1S/C26H32N2O3S/c1-26(2)15-20-22(25(28-10-12-31-13-11-28)32-23(20)21(29)16-26)18-8-5-9-19(14-18)27-24(30)17-6-3-4-7-17/h5,8-9,14,17H,3-4,6-7,10-13,15-16H2,1-2H3,(H,27,30). The highest BCUT2D eigenvalue weighted by Crippen LogP contribution is 2.49. The Kier molecular flexibility index (Phi) is 5.84. The SMILES string of the molecule is CC1(C)CC(=O)c2sc(N3CCOCC3)c(-c3cccc(NC(=O)C4CCCC4)c3)c2C1. The number of thiophene rings is 1. The number of ether oxygens (including phenoxy) is 1. The number of hydrogen-bond acceptors (Lipinski definition) is 5. The largest absolute Gasteiger partial charge is 0.378 e. The van der Waals surface area contributed by atoms with E-state index >= 15 is 0 Å². The predicted molar refractivity (Wildman–Crippen MR) is 130 cm³/mol. The molecule has 0 bridgehead atoms. The molecule has 1 amide bonds. The van der Waals surface area contributed by atoms with Crippen molar-refractivity contribution < 1.29 is 14.3 Å². The molecular weight excluding hydrogens is 420 g/mol. The van der Waals surface area contributed by atoms with Crippen LogP contribution < -0.4 is 10.2 Å². The van der Waals surface area contributed by atoms with Crippen LogP contribution in [-0.4, -0.2) is 38.0 Å². The molecule has 0 atom stereocenters. The van der Waals surface area contributed by atoms with Gasteiger partial charge in [0.25, 0.3) is 0 Å². The molecule has 1 N–H and O–H groups in total. The molecule has 1 aromatic carbocycles. The van der Waals surface area contributed by atoms with Crippen molar-refractivity contribution in [3.05, 3.63) is 34.7 Å². The number of hydrogen-bond donors (Lipinski definition) is 1. The number of carbonyl (C=O) groups is 2. The first-order valence-corrected chi connectivity index (χ1v) is 12.7. The van der Waals surface area contributed by atoms with Crippen LogP contribution in [0.2, 0.25) is 0 Å². The summed E-state index contributed by atoms with van der Waals surface area (Å²) in [4.78, 5) is 29.0. The van der Waals surface area contributed by atoms with Crippen molar-refractivity contribution >= 4 is 33.7 Å². The third kappa shape index (κ3) is 4.23. The molecule has 1 aromatic heterocycles. The minimum Gasteiger partial charge on any atom is -0.378 e. The summed E-state index contributed by atoms with van der Waals surface area (Å²) >= 11 is 1.65. The number of fused-ring (bicyclic) bond motifs is 1. The van der Waals surface area contributed by atoms with Crippen molar-refractivity contribution in [2.24, 2.45) is 11.3 Å². The van der Waals surface area contributed by atoms with Gasteiger partial charge in [-0.3, -0.25) is 9.59 Å². The number of nitrogens with one attached hydrogen (secondary N) is 1. The fourth-order valence-corrected chi connectivity index (χ4v) is 6.70. The smallest absolute Gasteiger partial charge is 0.227 e. The highest BCUT2D eigenvalue weighted by atomic mass is 32.1. The number of ketones is 1. The summed E-state index contributed by atoms with van der Waals surface area (Å²) in [6.45, 7) is 7.45. The topological polar surface area (TPSA) is 58.6 Å². The van der Waals surface area contributed by atoms with E-state index in [2.05, 4.69) is 36.2 Å². The van der Waals surface area contributed by atoms with Crippen molar-refractivity contribution in [2.75, 3.05) is 36.5 Å². The zero-order valence-electron chi connectivity index (χ0n) is 19.0. The Hall–Kier alpha value is -2.18. The molecule has 1 saturated carbocycles. The van der Waals surface area contributed by atoms with Gasteiger partial charge in [-0.25, -0.2) is 0 Å². The Morgan fingerprint density at radius 3 is 2.66 bits per heavy atom. The van der Waals surface area contributed by atoms with Crippen LogP contribution in [0.1, 0.15) is 61.2 Å². The van der Waals surface area contributed by atoms with Crippen LogP contribution in [0.5, 0.6) is 0 Å². The molecule has 2 fully saturated rings. The van der Waals surface area contributed by atoms with Gasteiger partial charge in [0.15, 0.2) is 5.78 Å². The average molecular weight is 453 g/mol. The lowest BCUT2D eigenvalue weighted by Crippen LogP contribution is -2.36. The normalized spacial score (nSPS) is 20.9. The number of amides is 1. The van der Waals surface area contributed by atoms with Crippen LogP contribution in [0.3, 0.4) is 0 Å². The molecule has 0 radical (unpaired) electrons. The minimum absolute atomic E-state index is 0.0452. The Morgan fingerprint density at radius 2 is 1.91 bits per heavy atom. The van der Waals surface area contributed by atoms with Gasteiger partial charge in [0.05, 0.1) is 23.1 Å². The minimum atomic E-state index is -0.0452. The summed E-state index contributed by atoms with van der Waals surface area (Å²) in [5, 5.41) is 4.32. The maximum atomic E-state index is 13.1. The summed E-state index contributed by atoms with van der Waals surface area (Å²) in [7, 11) is 0. The van der Waals surface area contributed by atoms with Crippen molar-refractivity contribution in [3.63, 3.8) is 0 Å². The van der Waals surface area contributed by atoms with Gasteiger partial charge >= 0.3 is 0 Å². The van der Waals surface area contributed by atoms with Crippen molar-refractivity contribution in [2.45, 2.75) is 52.4 Å². The highest BCUT2D eigenvalue weighted by molar-refractivity contribution is 7.19. The average Bonchev–Trinajstić information content (AvgIpc) is 3.42. The maximum Gasteiger partial charge on any atom is 0.227 e. The Labute approximate surface area is 194 Å². The highest BCUT2D eigenvalue weighted by Gasteiger charge is 2.37. The second-order valence-electron chi connectivity index (χ2n) is 10.2. The lowest BCUT2D eigenvalue weighted by molar-refractivity contribution is -0.119. The number of benzene rings is 1. The third-order valence-corrected chi connectivity index (χ3v) is 8.31. The van der Waals surface area contributed by atoms with Crippen molar-refractivity contribution in [1.82, 2.24) is 0 Å². The lowest BCUT2D eigenvalue weighted by Gasteiger charge is -2.30. The monoisotopic (exact) mass is 452 g/mol. The van der Waals surface area contributed by atoms with E-state index in [4.69, 9.17) is 4.74 Å². The summed E-state index contributed by atoms with van der Waals surface area (Å²) < 4.78 is 5.58. The maximum absolute atomic E-state index is 13.1. The molecule has 1 saturated heterocycles. The molecule has 0 spiro atoms. The molecule has 32 heavy (non-hydrogen) atoms. The molecule has 0 unspecified atom stereocenters. The first-order valence-electron chi connectivity index (χ1n) is 11.8. The number of Topliss-reactive ketones (excluding diaryl/α,β-unsaturated/α-hetero) is 1. The van der Waals surface area contributed by atoms with Crippen molar-refractivity contribution in [1.29, 1.82) is 0 Å². The number of morpholine rings is 1. The second kappa shape index (κ2) is 8.64. The van der Waals surface area contributed by atoms with Gasteiger partial charge in [-0.05, 0) is 47.9 Å². The van der Waals surface area contributed by atoms with Crippen molar-refractivity contribution in [3.8, 4) is 11.1 Å². The molecule has 6 heteroatoms. The van der Waals surface area contributed by atoms with Crippen LogP contribution in [0.4, 0.5) is 10.7 Å². The first-order chi connectivity index (χ1) is 15.4. The molecule has 2 heterocycles. The van der Waals surface area contributed by atoms with E-state index in [1.165, 1.54) is 16.1 Å². The number of anilines is 2. The van der Waals surface area contributed by atoms with Crippen LogP contribution in [0, 0.1) is 11.3 Å². The van der Waals surface area contributed by atoms with E-state index in [-0.39, 0.29) is 23.0 Å². The number of nitrogens with zero attached hydrogens (tertiary/aromatic N) is 1. The molecular formula is C26H32N2O3S. The molecule has 2 aliphatic carbocycles. The molecule has 5 rings (SSSR count). The quantitative estimate of drug-likeness (QED) is 0.662. The molecule has 1 aliphatic heterocycles. The second-order valence-corrected chi connectivity index (χ2v) is 11.2. The first kappa shape index (κ1) is 21.7. The Morgan fingerprint density at radius 1 is 1.16 bits per heavy atom. The zero-order valence-corrected chi connectivity index (χ0v) is 19.9. The van der Waals surface area contributed by atoms with Crippen LogP contribution in [0.25, 0.3) is 11.1 Å². The van der Waals surface area contributed by atoms with Gasteiger partial charge in [0, 0.05) is 36.7 Å². The predicted octanol–water partition coefficient (Wildman–Crippen LogP) is 5.54. The van der Waals surface area contributed by atoms with E-state index in [1.807, 2.05) is 12.1 Å². The Balaban J connectivity index is 1.54. The molecule has 5 nitrogen and oxygen atoms in total. The summed E-state index contributed by atoms with van der Waals surface area (Å²) in [5.74, 6) is 0.527. The zero-order chi connectivity index (χ0) is 22.3. The number of rotatable bonds is 4. The van der Waals surface area contributed by atoms with Gasteiger partial charge in [0.1, 0.15) is 0 Å². The summed E-state index contributed by atoms with van der Waals surface area (Å²) in [6, 6.07) is 8.19. The van der Waals surface area contributed by atoms with Crippen LogP contribution in [0.15, 0.2) is 24.3 Å². The van der Waals surface area contributed by atoms with E-state index in [1.54, 1.807) is 11.3 Å². The fraction of sp³-hybridized carbons (Fsp3) is 0.538. The Bertz CT molecular complexity index is 1030. The fourth-order valence-electron chi connectivity index (χ4n) is 5.37. The van der Waals surface area contributed by atoms with Gasteiger partial charge in [-0.1, -0.05) is 38.8 Å². The van der Waals surface area contributed by atoms with E-state index in [9.17, 15) is 9.59 Å². The van der Waals surface area contributed by atoms with Gasteiger partial charge < -0.3 is 15.0 Å². The van der Waals surface area contributed by atoms with Gasteiger partial charge in [-0.2, -0.15) is 0 Å². The van der Waals surface area contributed by atoms with Gasteiger partial charge in [-0.15, -0.1) is 11.3 Å². The summed E-state index contributed by atoms with van der Waals surface area (Å²) in [6.07, 6.45) is 5.75. The molecule has 2 aromatic rings. The van der Waals surface area contributed by atoms with E-state index in [0.717, 1.165) is 61.3 Å². The molecule has 170 valence electrons. The molecule has 3 aliphatic rings. The van der Waals surface area contributed by atoms with Gasteiger partial charge in [0.2, 0.25) is 5.91 Å². The third-order valence-electron chi connectivity index (χ3n) is 6.98. The van der Waals surface area contributed by atoms with Crippen LogP contribution >= 0.6 is 11.3 Å².